The number of fused-ring (bicyclic) bond motifs is 1. The van der Waals surface area contributed by atoms with Gasteiger partial charge in [-0.1, -0.05) is 43.5 Å². The summed E-state index contributed by atoms with van der Waals surface area (Å²) >= 11 is 5.83. The Labute approximate surface area is 126 Å². The third kappa shape index (κ3) is 2.58. The number of amides is 1. The van der Waals surface area contributed by atoms with Crippen molar-refractivity contribution in [3.05, 3.63) is 35.4 Å². The highest BCUT2D eigenvalue weighted by atomic mass is 35.5. The predicted octanol–water partition coefficient (Wildman–Crippen LogP) is 3.93. The Morgan fingerprint density at radius 2 is 1.95 bits per heavy atom. The van der Waals surface area contributed by atoms with Gasteiger partial charge in [0.2, 0.25) is 5.91 Å². The molecule has 3 rings (SSSR count). The van der Waals surface area contributed by atoms with E-state index in [9.17, 15) is 4.79 Å². The lowest BCUT2D eigenvalue weighted by molar-refractivity contribution is -0.133. The summed E-state index contributed by atoms with van der Waals surface area (Å²) in [4.78, 5) is 14.3. The summed E-state index contributed by atoms with van der Waals surface area (Å²) in [6.45, 7) is 0.823. The van der Waals surface area contributed by atoms with Gasteiger partial charge in [0, 0.05) is 6.54 Å². The number of benzene rings is 1. The minimum Gasteiger partial charge on any atom is -0.334 e. The first-order valence-corrected chi connectivity index (χ1v) is 8.28. The van der Waals surface area contributed by atoms with Crippen molar-refractivity contribution < 1.29 is 4.79 Å². The zero-order valence-electron chi connectivity index (χ0n) is 11.9. The largest absolute Gasteiger partial charge is 0.334 e. The standard InChI is InChI=1S/C17H22ClNO/c18-12-16(20)19-11-10-13-6-4-5-9-15(13)17(19)14-7-2-1-3-8-14/h4-6,9,14,17H,1-3,7-8,10-12H2/t17-/m0/s1. The Morgan fingerprint density at radius 3 is 2.70 bits per heavy atom. The van der Waals surface area contributed by atoms with Crippen LogP contribution in [0.3, 0.4) is 0 Å². The lowest BCUT2D eigenvalue weighted by atomic mass is 9.77. The molecule has 1 saturated carbocycles. The van der Waals surface area contributed by atoms with E-state index in [1.165, 1.54) is 43.2 Å². The minimum absolute atomic E-state index is 0.0942. The topological polar surface area (TPSA) is 20.3 Å². The van der Waals surface area contributed by atoms with Crippen LogP contribution in [0.2, 0.25) is 0 Å². The van der Waals surface area contributed by atoms with Gasteiger partial charge in [-0.2, -0.15) is 0 Å². The molecule has 0 bridgehead atoms. The van der Waals surface area contributed by atoms with Crippen LogP contribution in [0.4, 0.5) is 0 Å². The summed E-state index contributed by atoms with van der Waals surface area (Å²) in [6, 6.07) is 8.89. The fourth-order valence-corrected chi connectivity index (χ4v) is 4.07. The van der Waals surface area contributed by atoms with Gasteiger partial charge in [0.05, 0.1) is 6.04 Å². The summed E-state index contributed by atoms with van der Waals surface area (Å²) in [5, 5.41) is 0. The van der Waals surface area contributed by atoms with Gasteiger partial charge >= 0.3 is 0 Å². The molecule has 1 atom stereocenters. The second-order valence-corrected chi connectivity index (χ2v) is 6.28. The molecule has 2 nitrogen and oxygen atoms in total. The zero-order chi connectivity index (χ0) is 13.9. The smallest absolute Gasteiger partial charge is 0.238 e. The first-order chi connectivity index (χ1) is 9.81. The molecular weight excluding hydrogens is 270 g/mol. The van der Waals surface area contributed by atoms with Gasteiger partial charge in [0.15, 0.2) is 0 Å². The Bertz CT molecular complexity index is 482. The average Bonchev–Trinajstić information content (AvgIpc) is 2.53. The molecule has 0 N–H and O–H groups in total. The van der Waals surface area contributed by atoms with Crippen molar-refractivity contribution in [2.45, 2.75) is 44.6 Å². The highest BCUT2D eigenvalue weighted by Gasteiger charge is 2.36. The maximum absolute atomic E-state index is 12.2. The molecule has 0 aromatic heterocycles. The minimum atomic E-state index is 0.0942. The molecule has 0 spiro atoms. The van der Waals surface area contributed by atoms with Crippen LogP contribution in [-0.4, -0.2) is 23.2 Å². The van der Waals surface area contributed by atoms with E-state index in [0.717, 1.165) is 13.0 Å². The number of nitrogens with zero attached hydrogens (tertiary/aromatic N) is 1. The molecule has 0 saturated heterocycles. The molecule has 2 aliphatic rings. The van der Waals surface area contributed by atoms with Crippen LogP contribution in [-0.2, 0) is 11.2 Å². The maximum Gasteiger partial charge on any atom is 0.238 e. The Hall–Kier alpha value is -1.02. The van der Waals surface area contributed by atoms with Crippen LogP contribution in [0.5, 0.6) is 0 Å². The number of carbonyl (C=O) groups is 1. The van der Waals surface area contributed by atoms with Gasteiger partial charge in [0.1, 0.15) is 5.88 Å². The highest BCUT2D eigenvalue weighted by Crippen LogP contribution is 2.41. The van der Waals surface area contributed by atoms with Gasteiger partial charge < -0.3 is 4.90 Å². The maximum atomic E-state index is 12.2. The fraction of sp³-hybridized carbons (Fsp3) is 0.588. The number of carbonyl (C=O) groups excluding carboxylic acids is 1. The number of alkyl halides is 1. The normalized spacial score (nSPS) is 23.4. The molecule has 0 radical (unpaired) electrons. The van der Waals surface area contributed by atoms with Crippen molar-refractivity contribution in [3.63, 3.8) is 0 Å². The van der Waals surface area contributed by atoms with Crippen molar-refractivity contribution in [3.8, 4) is 0 Å². The van der Waals surface area contributed by atoms with Crippen LogP contribution in [0.1, 0.15) is 49.3 Å². The van der Waals surface area contributed by atoms with Crippen LogP contribution in [0.15, 0.2) is 24.3 Å². The van der Waals surface area contributed by atoms with E-state index in [0.29, 0.717) is 5.92 Å². The van der Waals surface area contributed by atoms with E-state index in [-0.39, 0.29) is 17.8 Å². The van der Waals surface area contributed by atoms with Crippen LogP contribution < -0.4 is 0 Å². The quantitative estimate of drug-likeness (QED) is 0.756. The van der Waals surface area contributed by atoms with Crippen molar-refractivity contribution in [2.24, 2.45) is 5.92 Å². The molecule has 3 heteroatoms. The van der Waals surface area contributed by atoms with E-state index < -0.39 is 0 Å². The van der Waals surface area contributed by atoms with E-state index in [2.05, 4.69) is 24.3 Å². The van der Waals surface area contributed by atoms with E-state index in [1.807, 2.05) is 4.90 Å². The SMILES string of the molecule is O=C(CCl)N1CCc2ccccc2[C@@H]1C1CCCCC1. The summed E-state index contributed by atoms with van der Waals surface area (Å²) < 4.78 is 0. The van der Waals surface area contributed by atoms with E-state index in [4.69, 9.17) is 11.6 Å². The summed E-state index contributed by atoms with van der Waals surface area (Å²) in [7, 11) is 0. The second-order valence-electron chi connectivity index (χ2n) is 6.01. The van der Waals surface area contributed by atoms with Crippen LogP contribution in [0, 0.1) is 5.92 Å². The van der Waals surface area contributed by atoms with Crippen molar-refractivity contribution in [2.75, 3.05) is 12.4 Å². The predicted molar refractivity (Wildman–Crippen MR) is 81.9 cm³/mol. The Balaban J connectivity index is 1.95. The van der Waals surface area contributed by atoms with Gasteiger partial charge in [-0.05, 0) is 36.3 Å². The van der Waals surface area contributed by atoms with Crippen molar-refractivity contribution in [1.82, 2.24) is 4.90 Å². The van der Waals surface area contributed by atoms with E-state index >= 15 is 0 Å². The summed E-state index contributed by atoms with van der Waals surface area (Å²) in [5.41, 5.74) is 2.78. The molecule has 1 aliphatic carbocycles. The second kappa shape index (κ2) is 6.17. The first-order valence-electron chi connectivity index (χ1n) is 7.74. The number of hydrogen-bond donors (Lipinski definition) is 0. The molecule has 20 heavy (non-hydrogen) atoms. The van der Waals surface area contributed by atoms with Crippen molar-refractivity contribution >= 4 is 17.5 Å². The molecule has 1 amide bonds. The van der Waals surface area contributed by atoms with E-state index in [1.54, 1.807) is 0 Å². The van der Waals surface area contributed by atoms with Gasteiger partial charge in [0.25, 0.3) is 0 Å². The summed E-state index contributed by atoms with van der Waals surface area (Å²) in [6.07, 6.45) is 7.38. The van der Waals surface area contributed by atoms with Gasteiger partial charge in [-0.25, -0.2) is 0 Å². The first kappa shape index (κ1) is 13.9. The zero-order valence-corrected chi connectivity index (χ0v) is 12.6. The third-order valence-corrected chi connectivity index (χ3v) is 5.09. The molecule has 1 aromatic rings. The lowest BCUT2D eigenvalue weighted by Gasteiger charge is -2.43. The molecule has 0 unspecified atom stereocenters. The molecule has 1 heterocycles. The molecule has 1 fully saturated rings. The third-order valence-electron chi connectivity index (χ3n) is 4.86. The molecule has 1 aliphatic heterocycles. The lowest BCUT2D eigenvalue weighted by Crippen LogP contribution is -2.44. The fourth-order valence-electron chi connectivity index (χ4n) is 3.91. The Morgan fingerprint density at radius 1 is 1.20 bits per heavy atom. The highest BCUT2D eigenvalue weighted by molar-refractivity contribution is 6.27. The number of rotatable bonds is 2. The van der Waals surface area contributed by atoms with Crippen molar-refractivity contribution in [1.29, 1.82) is 0 Å². The molecular formula is C17H22ClNO. The molecule has 1 aromatic carbocycles. The average molecular weight is 292 g/mol. The van der Waals surface area contributed by atoms with Gasteiger partial charge in [-0.3, -0.25) is 4.79 Å². The Kier molecular flexibility index (Phi) is 4.30. The molecule has 108 valence electrons. The van der Waals surface area contributed by atoms with Crippen LogP contribution >= 0.6 is 11.6 Å². The number of hydrogen-bond acceptors (Lipinski definition) is 1. The summed E-state index contributed by atoms with van der Waals surface area (Å²) in [5.74, 6) is 0.805. The number of halogens is 1. The van der Waals surface area contributed by atoms with Gasteiger partial charge in [-0.15, -0.1) is 11.6 Å². The van der Waals surface area contributed by atoms with Crippen LogP contribution in [0.25, 0.3) is 0 Å². The monoisotopic (exact) mass is 291 g/mol.